The molecule has 0 unspecified atom stereocenters. The van der Waals surface area contributed by atoms with Crippen LogP contribution in [0, 0.1) is 6.07 Å². The second-order valence-corrected chi connectivity index (χ2v) is 7.00. The molecule has 0 aliphatic carbocycles. The number of para-hydroxylation sites is 1. The zero-order valence-electron chi connectivity index (χ0n) is 16.0. The first-order chi connectivity index (χ1) is 14.4. The molecule has 0 saturated carbocycles. The molecule has 5 aromatic carbocycles. The number of benzene rings is 5. The van der Waals surface area contributed by atoms with Gasteiger partial charge in [0.15, 0.2) is 0 Å². The summed E-state index contributed by atoms with van der Waals surface area (Å²) in [6.45, 7) is 0. The average Bonchev–Trinajstić information content (AvgIpc) is 2.81. The number of hydrogen-bond donors (Lipinski definition) is 0. The lowest BCUT2D eigenvalue weighted by atomic mass is 9.98. The molecule has 1 heteroatoms. The van der Waals surface area contributed by atoms with E-state index in [0.29, 0.717) is 0 Å². The van der Waals surface area contributed by atoms with Crippen molar-refractivity contribution in [1.82, 2.24) is 0 Å². The summed E-state index contributed by atoms with van der Waals surface area (Å²) in [5.74, 6) is 0. The van der Waals surface area contributed by atoms with E-state index >= 15 is 0 Å². The summed E-state index contributed by atoms with van der Waals surface area (Å²) in [7, 11) is 0. The van der Waals surface area contributed by atoms with E-state index in [-0.39, 0.29) is 0 Å². The summed E-state index contributed by atoms with van der Waals surface area (Å²) in [6, 6.07) is 45.5. The van der Waals surface area contributed by atoms with Crippen LogP contribution in [0.1, 0.15) is 0 Å². The zero-order valence-corrected chi connectivity index (χ0v) is 16.0. The molecule has 0 amide bonds. The van der Waals surface area contributed by atoms with Crippen LogP contribution in [0.5, 0.6) is 0 Å². The van der Waals surface area contributed by atoms with Gasteiger partial charge in [-0.15, -0.1) is 0 Å². The van der Waals surface area contributed by atoms with E-state index in [9.17, 15) is 0 Å². The Labute approximate surface area is 171 Å². The molecule has 1 nitrogen and oxygen atoms in total. The Kier molecular flexibility index (Phi) is 4.56. The third-order valence-electron chi connectivity index (χ3n) is 5.20. The molecule has 0 aliphatic rings. The van der Waals surface area contributed by atoms with Crippen molar-refractivity contribution in [2.24, 2.45) is 0 Å². The Balaban J connectivity index is 1.59. The van der Waals surface area contributed by atoms with Gasteiger partial charge in [0.1, 0.15) is 0 Å². The third kappa shape index (κ3) is 3.39. The predicted molar refractivity (Wildman–Crippen MR) is 123 cm³/mol. The first-order valence-corrected chi connectivity index (χ1v) is 9.80. The first kappa shape index (κ1) is 17.3. The van der Waals surface area contributed by atoms with E-state index < -0.39 is 0 Å². The van der Waals surface area contributed by atoms with Crippen molar-refractivity contribution in [3.63, 3.8) is 0 Å². The monoisotopic (exact) mass is 370 g/mol. The molecule has 1 radical (unpaired) electrons. The Morgan fingerprint density at radius 3 is 1.90 bits per heavy atom. The lowest BCUT2D eigenvalue weighted by Crippen LogP contribution is -2.09. The van der Waals surface area contributed by atoms with E-state index in [1.165, 1.54) is 21.9 Å². The molecule has 5 aromatic rings. The van der Waals surface area contributed by atoms with Gasteiger partial charge < -0.3 is 4.90 Å². The third-order valence-corrected chi connectivity index (χ3v) is 5.20. The lowest BCUT2D eigenvalue weighted by Gasteiger charge is -2.25. The summed E-state index contributed by atoms with van der Waals surface area (Å²) in [5, 5.41) is 2.54. The van der Waals surface area contributed by atoms with E-state index in [1.54, 1.807) is 0 Å². The van der Waals surface area contributed by atoms with Gasteiger partial charge in [-0.05, 0) is 64.4 Å². The highest BCUT2D eigenvalue weighted by molar-refractivity contribution is 5.96. The fourth-order valence-corrected chi connectivity index (χ4v) is 3.82. The maximum absolute atomic E-state index is 3.11. The summed E-state index contributed by atoms with van der Waals surface area (Å²) in [4.78, 5) is 2.26. The molecular formula is C28H20N. The zero-order chi connectivity index (χ0) is 19.5. The van der Waals surface area contributed by atoms with Crippen LogP contribution in [0.25, 0.3) is 21.9 Å². The van der Waals surface area contributed by atoms with Gasteiger partial charge in [-0.2, -0.15) is 0 Å². The number of fused-ring (bicyclic) bond motifs is 1. The van der Waals surface area contributed by atoms with Crippen LogP contribution in [0.2, 0.25) is 0 Å². The number of hydrogen-bond acceptors (Lipinski definition) is 1. The van der Waals surface area contributed by atoms with Gasteiger partial charge in [0, 0.05) is 17.1 Å². The summed E-state index contributed by atoms with van der Waals surface area (Å²) >= 11 is 0. The highest BCUT2D eigenvalue weighted by Crippen LogP contribution is 2.36. The molecular weight excluding hydrogens is 350 g/mol. The summed E-state index contributed by atoms with van der Waals surface area (Å²) in [6.07, 6.45) is 0. The van der Waals surface area contributed by atoms with Crippen molar-refractivity contribution in [3.05, 3.63) is 127 Å². The van der Waals surface area contributed by atoms with Gasteiger partial charge in [-0.25, -0.2) is 0 Å². The number of anilines is 3. The molecule has 0 saturated heterocycles. The van der Waals surface area contributed by atoms with E-state index in [1.807, 2.05) is 18.2 Å². The second-order valence-electron chi connectivity index (χ2n) is 7.00. The van der Waals surface area contributed by atoms with Crippen molar-refractivity contribution >= 4 is 27.8 Å². The predicted octanol–water partition coefficient (Wildman–Crippen LogP) is 7.78. The molecule has 5 rings (SSSR count). The molecule has 0 heterocycles. The number of rotatable bonds is 4. The molecule has 137 valence electrons. The van der Waals surface area contributed by atoms with Crippen molar-refractivity contribution < 1.29 is 0 Å². The Morgan fingerprint density at radius 2 is 1.10 bits per heavy atom. The van der Waals surface area contributed by atoms with E-state index in [2.05, 4.69) is 114 Å². The minimum absolute atomic E-state index is 1.12. The van der Waals surface area contributed by atoms with E-state index in [0.717, 1.165) is 17.1 Å². The molecule has 0 N–H and O–H groups in total. The quantitative estimate of drug-likeness (QED) is 0.312. The second kappa shape index (κ2) is 7.65. The highest BCUT2D eigenvalue weighted by Gasteiger charge is 2.12. The van der Waals surface area contributed by atoms with Gasteiger partial charge in [0.2, 0.25) is 0 Å². The van der Waals surface area contributed by atoms with Gasteiger partial charge >= 0.3 is 0 Å². The molecule has 0 fully saturated rings. The molecule has 0 atom stereocenters. The van der Waals surface area contributed by atoms with Crippen LogP contribution in [0.15, 0.2) is 121 Å². The minimum atomic E-state index is 1.12. The van der Waals surface area contributed by atoms with E-state index in [4.69, 9.17) is 0 Å². The minimum Gasteiger partial charge on any atom is -0.311 e. The highest BCUT2D eigenvalue weighted by atomic mass is 15.1. The van der Waals surface area contributed by atoms with Gasteiger partial charge in [-0.1, -0.05) is 84.9 Å². The summed E-state index contributed by atoms with van der Waals surface area (Å²) < 4.78 is 0. The van der Waals surface area contributed by atoms with Gasteiger partial charge in [0.25, 0.3) is 0 Å². The first-order valence-electron chi connectivity index (χ1n) is 9.80. The average molecular weight is 370 g/mol. The standard InChI is InChI=1S/C28H20N/c1-3-12-24(13-4-1)29(25-14-5-2-6-15-25)26-20-18-23(19-21-26)28-17-9-11-22-10-7-8-16-27(22)28/h1,3-21H. The topological polar surface area (TPSA) is 3.24 Å². The SMILES string of the molecule is [c]1ccc(N(c2ccccc2)c2ccc(-c3cccc4ccccc34)cc2)cc1. The Hall–Kier alpha value is -3.84. The molecule has 29 heavy (non-hydrogen) atoms. The van der Waals surface area contributed by atoms with Crippen LogP contribution in [0.3, 0.4) is 0 Å². The molecule has 0 spiro atoms. The number of nitrogens with zero attached hydrogens (tertiary/aromatic N) is 1. The van der Waals surface area contributed by atoms with Gasteiger partial charge in [0.05, 0.1) is 0 Å². The van der Waals surface area contributed by atoms with Crippen LogP contribution in [0.4, 0.5) is 17.1 Å². The normalized spacial score (nSPS) is 10.8. The molecule has 0 aromatic heterocycles. The fourth-order valence-electron chi connectivity index (χ4n) is 3.82. The van der Waals surface area contributed by atoms with Gasteiger partial charge in [-0.3, -0.25) is 0 Å². The largest absolute Gasteiger partial charge is 0.311 e. The van der Waals surface area contributed by atoms with Crippen molar-refractivity contribution in [2.75, 3.05) is 4.90 Å². The Morgan fingerprint density at radius 1 is 0.483 bits per heavy atom. The van der Waals surface area contributed by atoms with Crippen LogP contribution in [-0.2, 0) is 0 Å². The maximum atomic E-state index is 3.11. The molecule has 0 bridgehead atoms. The van der Waals surface area contributed by atoms with Crippen molar-refractivity contribution in [3.8, 4) is 11.1 Å². The van der Waals surface area contributed by atoms with Crippen molar-refractivity contribution in [2.45, 2.75) is 0 Å². The summed E-state index contributed by atoms with van der Waals surface area (Å²) in [5.41, 5.74) is 5.87. The van der Waals surface area contributed by atoms with Crippen LogP contribution >= 0.6 is 0 Å². The Bertz CT molecular complexity index is 1180. The van der Waals surface area contributed by atoms with Crippen LogP contribution < -0.4 is 4.90 Å². The lowest BCUT2D eigenvalue weighted by molar-refractivity contribution is 1.28. The maximum Gasteiger partial charge on any atom is 0.0462 e. The van der Waals surface area contributed by atoms with Crippen molar-refractivity contribution in [1.29, 1.82) is 0 Å². The smallest absolute Gasteiger partial charge is 0.0462 e. The molecule has 0 aliphatic heterocycles. The van der Waals surface area contributed by atoms with Crippen LogP contribution in [-0.4, -0.2) is 0 Å². The fraction of sp³-hybridized carbons (Fsp3) is 0.